The number of anilines is 1. The Bertz CT molecular complexity index is 410. The molecule has 92 valence electrons. The third-order valence-corrected chi connectivity index (χ3v) is 4.45. The molecule has 0 radical (unpaired) electrons. The molecule has 1 aliphatic carbocycles. The van der Waals surface area contributed by atoms with E-state index < -0.39 is 0 Å². The van der Waals surface area contributed by atoms with Gasteiger partial charge in [-0.2, -0.15) is 16.9 Å². The van der Waals surface area contributed by atoms with Crippen LogP contribution in [0.25, 0.3) is 0 Å². The highest BCUT2D eigenvalue weighted by Crippen LogP contribution is 2.30. The van der Waals surface area contributed by atoms with E-state index in [1.165, 1.54) is 19.3 Å². The van der Waals surface area contributed by atoms with Crippen molar-refractivity contribution in [2.45, 2.75) is 30.6 Å². The van der Waals surface area contributed by atoms with Gasteiger partial charge in [-0.1, -0.05) is 18.6 Å². The number of hydrogen-bond acceptors (Lipinski definition) is 5. The Labute approximate surface area is 111 Å². The smallest absolute Gasteiger partial charge is 0.159 e. The van der Waals surface area contributed by atoms with Gasteiger partial charge >= 0.3 is 0 Å². The second-order valence-corrected chi connectivity index (χ2v) is 5.63. The van der Waals surface area contributed by atoms with E-state index in [4.69, 9.17) is 18.0 Å². The van der Waals surface area contributed by atoms with E-state index in [0.29, 0.717) is 22.1 Å². The van der Waals surface area contributed by atoms with Gasteiger partial charge in [-0.05, 0) is 25.2 Å². The maximum absolute atomic E-state index is 5.67. The molecule has 3 N–H and O–H groups in total. The number of hydrogen-bond donors (Lipinski definition) is 2. The molecule has 6 heteroatoms. The molecule has 2 atom stereocenters. The molecular formula is C11H16N4S2. The molecule has 4 nitrogen and oxygen atoms in total. The number of thiocarbonyl (C=S) groups is 1. The van der Waals surface area contributed by atoms with Gasteiger partial charge in [-0.3, -0.25) is 0 Å². The normalized spacial score (nSPS) is 23.6. The Morgan fingerprint density at radius 1 is 1.59 bits per heavy atom. The molecule has 0 aliphatic heterocycles. The van der Waals surface area contributed by atoms with Crippen LogP contribution in [0, 0.1) is 0 Å². The maximum atomic E-state index is 5.67. The van der Waals surface area contributed by atoms with Crippen molar-refractivity contribution in [2.24, 2.45) is 5.73 Å². The van der Waals surface area contributed by atoms with Gasteiger partial charge in [0.1, 0.15) is 4.99 Å². The van der Waals surface area contributed by atoms with Gasteiger partial charge in [0, 0.05) is 11.3 Å². The zero-order valence-electron chi connectivity index (χ0n) is 9.72. The zero-order valence-corrected chi connectivity index (χ0v) is 11.4. The standard InChI is InChI=1S/C11H16N4S2/c1-17-9-4-2-3-8(9)14-11-7(10(12)16)5-6-13-15-11/h5-6,8-9H,2-4H2,1H3,(H2,12,16)(H,14,15). The molecule has 1 aromatic heterocycles. The number of aromatic nitrogens is 2. The first-order chi connectivity index (χ1) is 8.22. The summed E-state index contributed by atoms with van der Waals surface area (Å²) in [4.78, 5) is 0.362. The average molecular weight is 268 g/mol. The van der Waals surface area contributed by atoms with Crippen LogP contribution in [0.5, 0.6) is 0 Å². The van der Waals surface area contributed by atoms with Crippen molar-refractivity contribution in [3.8, 4) is 0 Å². The molecule has 2 unspecified atom stereocenters. The summed E-state index contributed by atoms with van der Waals surface area (Å²) in [5, 5.41) is 12.0. The summed E-state index contributed by atoms with van der Waals surface area (Å²) >= 11 is 6.91. The molecule has 0 amide bonds. The minimum Gasteiger partial charge on any atom is -0.389 e. The van der Waals surface area contributed by atoms with Crippen LogP contribution in [0.3, 0.4) is 0 Å². The van der Waals surface area contributed by atoms with Gasteiger partial charge in [0.15, 0.2) is 5.82 Å². The second-order valence-electron chi connectivity index (χ2n) is 4.11. The Morgan fingerprint density at radius 2 is 2.41 bits per heavy atom. The van der Waals surface area contributed by atoms with Crippen LogP contribution in [0.4, 0.5) is 5.82 Å². The topological polar surface area (TPSA) is 63.8 Å². The fraction of sp³-hybridized carbons (Fsp3) is 0.545. The number of nitrogens with two attached hydrogens (primary N) is 1. The van der Waals surface area contributed by atoms with E-state index in [1.54, 1.807) is 12.3 Å². The fourth-order valence-electron chi connectivity index (χ4n) is 2.19. The molecule has 1 heterocycles. The van der Waals surface area contributed by atoms with E-state index in [9.17, 15) is 0 Å². The van der Waals surface area contributed by atoms with E-state index >= 15 is 0 Å². The van der Waals surface area contributed by atoms with Crippen LogP contribution in [0.15, 0.2) is 12.3 Å². The Hall–Kier alpha value is -0.880. The van der Waals surface area contributed by atoms with Crippen LogP contribution >= 0.6 is 24.0 Å². The number of rotatable bonds is 4. The lowest BCUT2D eigenvalue weighted by molar-refractivity contribution is 0.758. The minimum atomic E-state index is 0.362. The third kappa shape index (κ3) is 2.87. The SMILES string of the molecule is CSC1CCCC1Nc1nnccc1C(N)=S. The molecule has 0 spiro atoms. The van der Waals surface area contributed by atoms with Crippen molar-refractivity contribution in [3.05, 3.63) is 17.8 Å². The Kier molecular flexibility index (Phi) is 4.17. The van der Waals surface area contributed by atoms with E-state index in [0.717, 1.165) is 5.56 Å². The Morgan fingerprint density at radius 3 is 3.12 bits per heavy atom. The van der Waals surface area contributed by atoms with Gasteiger partial charge in [-0.15, -0.1) is 5.10 Å². The summed E-state index contributed by atoms with van der Waals surface area (Å²) in [7, 11) is 0. The highest BCUT2D eigenvalue weighted by Gasteiger charge is 2.27. The number of nitrogens with zero attached hydrogens (tertiary/aromatic N) is 2. The fourth-order valence-corrected chi connectivity index (χ4v) is 3.29. The van der Waals surface area contributed by atoms with Gasteiger partial charge < -0.3 is 11.1 Å². The first-order valence-corrected chi connectivity index (χ1v) is 7.33. The lowest BCUT2D eigenvalue weighted by Crippen LogP contribution is -2.28. The van der Waals surface area contributed by atoms with Crippen LogP contribution in [0.2, 0.25) is 0 Å². The minimum absolute atomic E-state index is 0.362. The molecule has 1 aliphatic rings. The van der Waals surface area contributed by atoms with E-state index in [2.05, 4.69) is 21.8 Å². The molecule has 1 fully saturated rings. The molecule has 0 aromatic carbocycles. The zero-order chi connectivity index (χ0) is 12.3. The molecule has 17 heavy (non-hydrogen) atoms. The van der Waals surface area contributed by atoms with Crippen molar-refractivity contribution in [1.29, 1.82) is 0 Å². The van der Waals surface area contributed by atoms with Crippen LogP contribution in [-0.4, -0.2) is 32.7 Å². The van der Waals surface area contributed by atoms with Crippen molar-refractivity contribution in [1.82, 2.24) is 10.2 Å². The second kappa shape index (κ2) is 5.64. The van der Waals surface area contributed by atoms with Crippen LogP contribution in [0.1, 0.15) is 24.8 Å². The number of thioether (sulfide) groups is 1. The summed E-state index contributed by atoms with van der Waals surface area (Å²) in [6.07, 6.45) is 7.43. The van der Waals surface area contributed by atoms with Crippen molar-refractivity contribution < 1.29 is 0 Å². The molecule has 0 saturated heterocycles. The van der Waals surface area contributed by atoms with Crippen LogP contribution in [-0.2, 0) is 0 Å². The maximum Gasteiger partial charge on any atom is 0.159 e. The summed E-state index contributed by atoms with van der Waals surface area (Å²) in [6, 6.07) is 2.25. The molecule has 1 aromatic rings. The van der Waals surface area contributed by atoms with Gasteiger partial charge in [0.2, 0.25) is 0 Å². The predicted octanol–water partition coefficient (Wildman–Crippen LogP) is 1.81. The highest BCUT2D eigenvalue weighted by atomic mass is 32.2. The molecule has 2 rings (SSSR count). The van der Waals surface area contributed by atoms with Crippen molar-refractivity contribution >= 4 is 34.8 Å². The van der Waals surface area contributed by atoms with Crippen molar-refractivity contribution in [2.75, 3.05) is 11.6 Å². The molecule has 0 bridgehead atoms. The van der Waals surface area contributed by atoms with Crippen LogP contribution < -0.4 is 11.1 Å². The lowest BCUT2D eigenvalue weighted by Gasteiger charge is -2.20. The highest BCUT2D eigenvalue weighted by molar-refractivity contribution is 7.99. The largest absolute Gasteiger partial charge is 0.389 e. The summed E-state index contributed by atoms with van der Waals surface area (Å²) in [5.41, 5.74) is 6.45. The van der Waals surface area contributed by atoms with Gasteiger partial charge in [0.05, 0.1) is 11.8 Å². The summed E-state index contributed by atoms with van der Waals surface area (Å²) < 4.78 is 0. The van der Waals surface area contributed by atoms with E-state index in [1.807, 2.05) is 11.8 Å². The number of nitrogens with one attached hydrogen (secondary N) is 1. The third-order valence-electron chi connectivity index (χ3n) is 3.06. The lowest BCUT2D eigenvalue weighted by atomic mass is 10.2. The Balaban J connectivity index is 2.15. The first kappa shape index (κ1) is 12.6. The predicted molar refractivity (Wildman–Crippen MR) is 76.5 cm³/mol. The summed E-state index contributed by atoms with van der Waals surface area (Å²) in [5.74, 6) is 0.714. The molecular weight excluding hydrogens is 252 g/mol. The summed E-state index contributed by atoms with van der Waals surface area (Å²) in [6.45, 7) is 0. The first-order valence-electron chi connectivity index (χ1n) is 5.63. The van der Waals surface area contributed by atoms with Gasteiger partial charge in [0.25, 0.3) is 0 Å². The molecule has 1 saturated carbocycles. The van der Waals surface area contributed by atoms with Gasteiger partial charge in [-0.25, -0.2) is 0 Å². The van der Waals surface area contributed by atoms with E-state index in [-0.39, 0.29) is 0 Å². The monoisotopic (exact) mass is 268 g/mol. The average Bonchev–Trinajstić information content (AvgIpc) is 2.77. The quantitative estimate of drug-likeness (QED) is 0.812. The van der Waals surface area contributed by atoms with Crippen molar-refractivity contribution in [3.63, 3.8) is 0 Å².